The van der Waals surface area contributed by atoms with Gasteiger partial charge in [0.1, 0.15) is 11.6 Å². The van der Waals surface area contributed by atoms with E-state index in [0.717, 1.165) is 12.1 Å². The lowest BCUT2D eigenvalue weighted by Gasteiger charge is -2.29. The Hall–Kier alpha value is -2.00. The molecule has 2 aromatic rings. The van der Waals surface area contributed by atoms with Crippen LogP contribution in [-0.2, 0) is 10.0 Å². The van der Waals surface area contributed by atoms with E-state index in [1.165, 1.54) is 12.1 Å². The van der Waals surface area contributed by atoms with E-state index in [-0.39, 0.29) is 30.9 Å². The van der Waals surface area contributed by atoms with Gasteiger partial charge in [-0.25, -0.2) is 17.5 Å². The fraction of sp³-hybridized carbons (Fsp3) is 0.368. The maximum Gasteiger partial charge on any atom is 0.240 e. The number of hydrogen-bond acceptors (Lipinski definition) is 5. The molecular formula is C19H22FNO5S. The molecule has 2 aromatic carbocycles. The van der Waals surface area contributed by atoms with Crippen LogP contribution < -0.4 is 9.46 Å². The molecule has 0 radical (unpaired) electrons. The largest absolute Gasteiger partial charge is 0.493 e. The number of aliphatic hydroxyl groups excluding tert-OH is 2. The lowest BCUT2D eigenvalue weighted by molar-refractivity contribution is 0.0438. The molecule has 0 bridgehead atoms. The molecule has 1 aliphatic rings. The third-order valence-corrected chi connectivity index (χ3v) is 6.19. The molecule has 0 aromatic heterocycles. The minimum absolute atomic E-state index is 0.0202. The number of halogens is 1. The second-order valence-electron chi connectivity index (χ2n) is 6.92. The molecule has 0 amide bonds. The number of nitrogens with one attached hydrogen (secondary N) is 1. The zero-order chi connectivity index (χ0) is 19.5. The minimum atomic E-state index is -3.86. The maximum atomic E-state index is 13.0. The fourth-order valence-corrected chi connectivity index (χ4v) is 4.41. The lowest BCUT2D eigenvalue weighted by Crippen LogP contribution is -2.40. The summed E-state index contributed by atoms with van der Waals surface area (Å²) in [6, 6.07) is 13.6. The molecule has 0 heterocycles. The number of sulfonamides is 1. The highest BCUT2D eigenvalue weighted by atomic mass is 32.2. The van der Waals surface area contributed by atoms with Crippen LogP contribution in [0.3, 0.4) is 0 Å². The van der Waals surface area contributed by atoms with Crippen LogP contribution in [0.15, 0.2) is 59.5 Å². The molecule has 146 valence electrons. The third kappa shape index (κ3) is 4.84. The maximum absolute atomic E-state index is 13.0. The number of para-hydroxylation sites is 1. The van der Waals surface area contributed by atoms with Gasteiger partial charge in [0, 0.05) is 12.0 Å². The Balaban J connectivity index is 1.73. The van der Waals surface area contributed by atoms with Gasteiger partial charge in [-0.05, 0) is 49.2 Å². The molecule has 3 N–H and O–H groups in total. The van der Waals surface area contributed by atoms with E-state index in [1.807, 2.05) is 18.2 Å². The second-order valence-corrected chi connectivity index (χ2v) is 8.69. The first-order valence-electron chi connectivity index (χ1n) is 8.59. The van der Waals surface area contributed by atoms with E-state index in [4.69, 9.17) is 4.74 Å². The van der Waals surface area contributed by atoms with Crippen molar-refractivity contribution in [2.75, 3.05) is 13.2 Å². The molecular weight excluding hydrogens is 373 g/mol. The van der Waals surface area contributed by atoms with Gasteiger partial charge in [0.05, 0.1) is 23.7 Å². The molecule has 0 aliphatic heterocycles. The molecule has 3 rings (SSSR count). The Morgan fingerprint density at radius 1 is 1.04 bits per heavy atom. The van der Waals surface area contributed by atoms with Gasteiger partial charge < -0.3 is 14.9 Å². The SMILES string of the molecule is O=S(=O)(NCC1(COc2ccccc2)CC(O)C(O)C1)c1ccc(F)cc1. The Morgan fingerprint density at radius 2 is 1.63 bits per heavy atom. The highest BCUT2D eigenvalue weighted by Crippen LogP contribution is 2.39. The predicted molar refractivity (Wildman–Crippen MR) is 97.2 cm³/mol. The van der Waals surface area contributed by atoms with Gasteiger partial charge in [0.2, 0.25) is 10.0 Å². The van der Waals surface area contributed by atoms with Gasteiger partial charge in [-0.3, -0.25) is 0 Å². The van der Waals surface area contributed by atoms with Crippen molar-refractivity contribution in [2.24, 2.45) is 5.41 Å². The van der Waals surface area contributed by atoms with E-state index in [0.29, 0.717) is 5.75 Å². The van der Waals surface area contributed by atoms with Gasteiger partial charge in [0.15, 0.2) is 0 Å². The summed E-state index contributed by atoms with van der Waals surface area (Å²) in [4.78, 5) is -0.0536. The summed E-state index contributed by atoms with van der Waals surface area (Å²) in [6.07, 6.45) is -1.49. The molecule has 8 heteroatoms. The van der Waals surface area contributed by atoms with E-state index < -0.39 is 33.5 Å². The molecule has 6 nitrogen and oxygen atoms in total. The highest BCUT2D eigenvalue weighted by molar-refractivity contribution is 7.89. The Labute approximate surface area is 157 Å². The smallest absolute Gasteiger partial charge is 0.240 e. The predicted octanol–water partition coefficient (Wildman–Crippen LogP) is 1.68. The molecule has 2 unspecified atom stereocenters. The van der Waals surface area contributed by atoms with Crippen LogP contribution in [0.4, 0.5) is 4.39 Å². The first kappa shape index (κ1) is 19.8. The zero-order valence-electron chi connectivity index (χ0n) is 14.6. The van der Waals surface area contributed by atoms with Crippen molar-refractivity contribution in [1.82, 2.24) is 4.72 Å². The quantitative estimate of drug-likeness (QED) is 0.663. The van der Waals surface area contributed by atoms with Crippen molar-refractivity contribution < 1.29 is 27.8 Å². The van der Waals surface area contributed by atoms with Crippen molar-refractivity contribution in [1.29, 1.82) is 0 Å². The van der Waals surface area contributed by atoms with Crippen LogP contribution in [-0.4, -0.2) is 44.0 Å². The van der Waals surface area contributed by atoms with Crippen LogP contribution >= 0.6 is 0 Å². The van der Waals surface area contributed by atoms with E-state index >= 15 is 0 Å². The van der Waals surface area contributed by atoms with Crippen LogP contribution in [0.2, 0.25) is 0 Å². The Kier molecular flexibility index (Phi) is 5.81. The Morgan fingerprint density at radius 3 is 2.22 bits per heavy atom. The molecule has 0 saturated heterocycles. The number of hydrogen-bond donors (Lipinski definition) is 3. The average molecular weight is 395 g/mol. The number of aliphatic hydroxyl groups is 2. The van der Waals surface area contributed by atoms with Gasteiger partial charge >= 0.3 is 0 Å². The molecule has 0 spiro atoms. The number of ether oxygens (including phenoxy) is 1. The van der Waals surface area contributed by atoms with Crippen molar-refractivity contribution in [3.05, 3.63) is 60.4 Å². The summed E-state index contributed by atoms with van der Waals surface area (Å²) in [5.41, 5.74) is -0.762. The molecule has 1 aliphatic carbocycles. The number of benzene rings is 2. The summed E-state index contributed by atoms with van der Waals surface area (Å²) in [5, 5.41) is 20.0. The first-order chi connectivity index (χ1) is 12.8. The standard InChI is InChI=1S/C19H22FNO5S/c20-14-6-8-16(9-7-14)27(24,25)21-12-19(10-17(22)18(23)11-19)13-26-15-4-2-1-3-5-15/h1-9,17-18,21-23H,10-13H2. The summed E-state index contributed by atoms with van der Waals surface area (Å²) in [6.45, 7) is 0.116. The third-order valence-electron chi connectivity index (χ3n) is 4.78. The summed E-state index contributed by atoms with van der Waals surface area (Å²) in [7, 11) is -3.86. The lowest BCUT2D eigenvalue weighted by atomic mass is 9.87. The summed E-state index contributed by atoms with van der Waals surface area (Å²) < 4.78 is 46.3. The molecule has 27 heavy (non-hydrogen) atoms. The van der Waals surface area contributed by atoms with Crippen LogP contribution in [0.1, 0.15) is 12.8 Å². The van der Waals surface area contributed by atoms with Crippen molar-refractivity contribution in [3.8, 4) is 5.75 Å². The van der Waals surface area contributed by atoms with Crippen LogP contribution in [0, 0.1) is 11.2 Å². The van der Waals surface area contributed by atoms with Gasteiger partial charge in [0.25, 0.3) is 0 Å². The monoisotopic (exact) mass is 395 g/mol. The fourth-order valence-electron chi connectivity index (χ4n) is 3.25. The molecule has 2 atom stereocenters. The van der Waals surface area contributed by atoms with E-state index in [2.05, 4.69) is 4.72 Å². The van der Waals surface area contributed by atoms with Crippen molar-refractivity contribution >= 4 is 10.0 Å². The van der Waals surface area contributed by atoms with E-state index in [9.17, 15) is 23.0 Å². The van der Waals surface area contributed by atoms with E-state index in [1.54, 1.807) is 12.1 Å². The topological polar surface area (TPSA) is 95.9 Å². The second kappa shape index (κ2) is 7.93. The van der Waals surface area contributed by atoms with Gasteiger partial charge in [-0.15, -0.1) is 0 Å². The van der Waals surface area contributed by atoms with Crippen LogP contribution in [0.5, 0.6) is 5.75 Å². The summed E-state index contributed by atoms with van der Waals surface area (Å²) in [5.74, 6) is 0.0952. The molecule has 1 saturated carbocycles. The summed E-state index contributed by atoms with van der Waals surface area (Å²) >= 11 is 0. The van der Waals surface area contributed by atoms with Gasteiger partial charge in [-0.1, -0.05) is 18.2 Å². The van der Waals surface area contributed by atoms with Crippen molar-refractivity contribution in [2.45, 2.75) is 29.9 Å². The normalized spacial score (nSPS) is 25.4. The number of rotatable bonds is 7. The molecule has 1 fully saturated rings. The highest BCUT2D eigenvalue weighted by Gasteiger charge is 2.45. The van der Waals surface area contributed by atoms with Crippen LogP contribution in [0.25, 0.3) is 0 Å². The minimum Gasteiger partial charge on any atom is -0.493 e. The zero-order valence-corrected chi connectivity index (χ0v) is 15.4. The van der Waals surface area contributed by atoms with Gasteiger partial charge in [-0.2, -0.15) is 0 Å². The van der Waals surface area contributed by atoms with Crippen molar-refractivity contribution in [3.63, 3.8) is 0 Å². The Bertz CT molecular complexity index is 847. The average Bonchev–Trinajstić information content (AvgIpc) is 2.94. The first-order valence-corrected chi connectivity index (χ1v) is 10.1.